The number of amides is 1. The Labute approximate surface area is 80.5 Å². The van der Waals surface area contributed by atoms with Crippen LogP contribution in [0.2, 0.25) is 0 Å². The van der Waals surface area contributed by atoms with Crippen molar-refractivity contribution in [2.75, 3.05) is 27.2 Å². The molecule has 1 amide bonds. The zero-order valence-electron chi connectivity index (χ0n) is 9.00. The third-order valence-electron chi connectivity index (χ3n) is 2.06. The Kier molecular flexibility index (Phi) is 5.66. The summed E-state index contributed by atoms with van der Waals surface area (Å²) in [5, 5.41) is 2.83. The summed E-state index contributed by atoms with van der Waals surface area (Å²) < 4.78 is 0. The molecule has 78 valence electrons. The van der Waals surface area contributed by atoms with E-state index in [-0.39, 0.29) is 17.9 Å². The molecule has 4 nitrogen and oxygen atoms in total. The maximum atomic E-state index is 11.4. The first-order valence-electron chi connectivity index (χ1n) is 4.63. The van der Waals surface area contributed by atoms with Crippen molar-refractivity contribution in [2.24, 2.45) is 11.7 Å². The van der Waals surface area contributed by atoms with Gasteiger partial charge in [-0.15, -0.1) is 0 Å². The monoisotopic (exact) mass is 187 g/mol. The van der Waals surface area contributed by atoms with Crippen molar-refractivity contribution in [2.45, 2.75) is 19.9 Å². The smallest absolute Gasteiger partial charge is 0.224 e. The lowest BCUT2D eigenvalue weighted by Gasteiger charge is -2.16. The van der Waals surface area contributed by atoms with E-state index in [1.807, 2.05) is 32.8 Å². The molecule has 13 heavy (non-hydrogen) atoms. The molecule has 0 spiro atoms. The fourth-order valence-electron chi connectivity index (χ4n) is 0.802. The van der Waals surface area contributed by atoms with Crippen molar-refractivity contribution < 1.29 is 4.79 Å². The molecule has 0 aliphatic carbocycles. The standard InChI is InChI=1S/C9H21N3O/c1-7(8(2)10)9(13)11-5-6-12(3)4/h7-8H,5-6,10H2,1-4H3,(H,11,13). The Morgan fingerprint density at radius 2 is 2.00 bits per heavy atom. The number of nitrogens with one attached hydrogen (secondary N) is 1. The second kappa shape index (κ2) is 5.94. The molecular weight excluding hydrogens is 166 g/mol. The summed E-state index contributed by atoms with van der Waals surface area (Å²) in [5.41, 5.74) is 5.60. The lowest BCUT2D eigenvalue weighted by molar-refractivity contribution is -0.124. The van der Waals surface area contributed by atoms with Gasteiger partial charge in [-0.25, -0.2) is 0 Å². The van der Waals surface area contributed by atoms with Crippen molar-refractivity contribution in [3.8, 4) is 0 Å². The van der Waals surface area contributed by atoms with Gasteiger partial charge in [0.2, 0.25) is 5.91 Å². The minimum atomic E-state index is -0.109. The van der Waals surface area contributed by atoms with E-state index in [1.165, 1.54) is 0 Å². The fraction of sp³-hybridized carbons (Fsp3) is 0.889. The average Bonchev–Trinajstić information content (AvgIpc) is 2.02. The Morgan fingerprint density at radius 1 is 1.46 bits per heavy atom. The first kappa shape index (κ1) is 12.4. The lowest BCUT2D eigenvalue weighted by Crippen LogP contribution is -2.40. The molecule has 0 saturated heterocycles. The third kappa shape index (κ3) is 5.60. The molecule has 0 saturated carbocycles. The second-order valence-electron chi connectivity index (χ2n) is 3.74. The first-order chi connectivity index (χ1) is 5.95. The SMILES string of the molecule is CC(N)C(C)C(=O)NCCN(C)C. The number of nitrogens with two attached hydrogens (primary N) is 1. The van der Waals surface area contributed by atoms with Gasteiger partial charge in [0, 0.05) is 25.0 Å². The van der Waals surface area contributed by atoms with Crippen molar-refractivity contribution in [3.63, 3.8) is 0 Å². The number of carbonyl (C=O) groups is 1. The molecule has 0 rings (SSSR count). The van der Waals surface area contributed by atoms with Gasteiger partial charge < -0.3 is 16.0 Å². The fourth-order valence-corrected chi connectivity index (χ4v) is 0.802. The van der Waals surface area contributed by atoms with Gasteiger partial charge in [-0.05, 0) is 21.0 Å². The molecule has 4 heteroatoms. The molecule has 0 aromatic carbocycles. The maximum absolute atomic E-state index is 11.4. The topological polar surface area (TPSA) is 58.4 Å². The van der Waals surface area contributed by atoms with Gasteiger partial charge in [0.15, 0.2) is 0 Å². The predicted molar refractivity (Wildman–Crippen MR) is 54.4 cm³/mol. The lowest BCUT2D eigenvalue weighted by atomic mass is 10.0. The van der Waals surface area contributed by atoms with Gasteiger partial charge >= 0.3 is 0 Å². The molecular formula is C9H21N3O. The van der Waals surface area contributed by atoms with Crippen LogP contribution in [-0.4, -0.2) is 44.0 Å². The average molecular weight is 187 g/mol. The number of likely N-dealkylation sites (N-methyl/N-ethyl adjacent to an activating group) is 1. The maximum Gasteiger partial charge on any atom is 0.224 e. The summed E-state index contributed by atoms with van der Waals surface area (Å²) >= 11 is 0. The van der Waals surface area contributed by atoms with E-state index in [4.69, 9.17) is 5.73 Å². The quantitative estimate of drug-likeness (QED) is 0.618. The predicted octanol–water partition coefficient (Wildman–Crippen LogP) is -0.352. The van der Waals surface area contributed by atoms with Crippen molar-refractivity contribution >= 4 is 5.91 Å². The molecule has 0 fully saturated rings. The molecule has 0 aromatic heterocycles. The zero-order valence-corrected chi connectivity index (χ0v) is 9.00. The molecule has 3 N–H and O–H groups in total. The van der Waals surface area contributed by atoms with Crippen LogP contribution in [0.1, 0.15) is 13.8 Å². The van der Waals surface area contributed by atoms with E-state index >= 15 is 0 Å². The summed E-state index contributed by atoms with van der Waals surface area (Å²) in [4.78, 5) is 13.4. The minimum absolute atomic E-state index is 0.0388. The normalized spacial score (nSPS) is 15.5. The highest BCUT2D eigenvalue weighted by atomic mass is 16.1. The zero-order chi connectivity index (χ0) is 10.4. The molecule has 0 heterocycles. The molecule has 0 aliphatic heterocycles. The largest absolute Gasteiger partial charge is 0.355 e. The molecule has 2 unspecified atom stereocenters. The highest BCUT2D eigenvalue weighted by Crippen LogP contribution is 1.98. The van der Waals surface area contributed by atoms with Crippen LogP contribution in [0, 0.1) is 5.92 Å². The molecule has 0 radical (unpaired) electrons. The van der Waals surface area contributed by atoms with Gasteiger partial charge in [0.05, 0.1) is 0 Å². The third-order valence-corrected chi connectivity index (χ3v) is 2.06. The minimum Gasteiger partial charge on any atom is -0.355 e. The van der Waals surface area contributed by atoms with Crippen LogP contribution in [-0.2, 0) is 4.79 Å². The van der Waals surface area contributed by atoms with E-state index < -0.39 is 0 Å². The highest BCUT2D eigenvalue weighted by Gasteiger charge is 2.15. The van der Waals surface area contributed by atoms with Crippen molar-refractivity contribution in [1.82, 2.24) is 10.2 Å². The van der Waals surface area contributed by atoms with E-state index in [9.17, 15) is 4.79 Å². The Balaban J connectivity index is 3.62. The van der Waals surface area contributed by atoms with E-state index in [0.29, 0.717) is 6.54 Å². The van der Waals surface area contributed by atoms with Gasteiger partial charge in [-0.1, -0.05) is 6.92 Å². The van der Waals surface area contributed by atoms with Crippen LogP contribution < -0.4 is 11.1 Å². The summed E-state index contributed by atoms with van der Waals surface area (Å²) in [7, 11) is 3.95. The van der Waals surface area contributed by atoms with Crippen LogP contribution in [0.15, 0.2) is 0 Å². The van der Waals surface area contributed by atoms with Crippen LogP contribution >= 0.6 is 0 Å². The number of rotatable bonds is 5. The summed E-state index contributed by atoms with van der Waals surface area (Å²) in [6, 6.07) is -0.0839. The molecule has 0 bridgehead atoms. The summed E-state index contributed by atoms with van der Waals surface area (Å²) in [6.45, 7) is 5.23. The van der Waals surface area contributed by atoms with Crippen molar-refractivity contribution in [1.29, 1.82) is 0 Å². The Bertz CT molecular complexity index is 157. The van der Waals surface area contributed by atoms with E-state index in [1.54, 1.807) is 0 Å². The van der Waals surface area contributed by atoms with E-state index in [0.717, 1.165) is 6.54 Å². The van der Waals surface area contributed by atoms with Gasteiger partial charge in [0.25, 0.3) is 0 Å². The first-order valence-corrected chi connectivity index (χ1v) is 4.63. The molecule has 0 aromatic rings. The molecule has 2 atom stereocenters. The van der Waals surface area contributed by atoms with Crippen molar-refractivity contribution in [3.05, 3.63) is 0 Å². The molecule has 0 aliphatic rings. The number of carbonyl (C=O) groups excluding carboxylic acids is 1. The highest BCUT2D eigenvalue weighted by molar-refractivity contribution is 5.78. The number of nitrogens with zero attached hydrogens (tertiary/aromatic N) is 1. The second-order valence-corrected chi connectivity index (χ2v) is 3.74. The van der Waals surface area contributed by atoms with Crippen LogP contribution in [0.5, 0.6) is 0 Å². The Morgan fingerprint density at radius 3 is 2.38 bits per heavy atom. The van der Waals surface area contributed by atoms with E-state index in [2.05, 4.69) is 5.32 Å². The summed E-state index contributed by atoms with van der Waals surface area (Å²) in [6.07, 6.45) is 0. The van der Waals surface area contributed by atoms with Gasteiger partial charge in [-0.3, -0.25) is 4.79 Å². The number of hydrogen-bond acceptors (Lipinski definition) is 3. The number of hydrogen-bond donors (Lipinski definition) is 2. The van der Waals surface area contributed by atoms with Crippen LogP contribution in [0.3, 0.4) is 0 Å². The van der Waals surface area contributed by atoms with Gasteiger partial charge in [0.1, 0.15) is 0 Å². The Hall–Kier alpha value is -0.610. The van der Waals surface area contributed by atoms with Gasteiger partial charge in [-0.2, -0.15) is 0 Å². The summed E-state index contributed by atoms with van der Waals surface area (Å²) in [5.74, 6) is -0.0704. The van der Waals surface area contributed by atoms with Crippen LogP contribution in [0.25, 0.3) is 0 Å². The van der Waals surface area contributed by atoms with Crippen LogP contribution in [0.4, 0.5) is 0 Å².